The number of hydrogen-bond acceptors (Lipinski definition) is 4. The first kappa shape index (κ1) is 15.9. The van der Waals surface area contributed by atoms with Crippen molar-refractivity contribution in [3.05, 3.63) is 23.9 Å². The lowest BCUT2D eigenvalue weighted by Crippen LogP contribution is -2.36. The first-order valence-electron chi connectivity index (χ1n) is 7.08. The molecular weight excluding hydrogens is 238 g/mol. The molecule has 0 saturated carbocycles. The number of likely N-dealkylation sites (N-methyl/N-ethyl adjacent to an activating group) is 1. The SMILES string of the molecule is CCC(N)Cc1ccc(N(CC)C(C)COC)nc1. The van der Waals surface area contributed by atoms with E-state index in [1.54, 1.807) is 7.11 Å². The summed E-state index contributed by atoms with van der Waals surface area (Å²) < 4.78 is 5.21. The van der Waals surface area contributed by atoms with Gasteiger partial charge in [0.2, 0.25) is 0 Å². The third-order valence-electron chi connectivity index (χ3n) is 3.41. The molecule has 0 fully saturated rings. The Kier molecular flexibility index (Phi) is 6.81. The van der Waals surface area contributed by atoms with E-state index < -0.39 is 0 Å². The third-order valence-corrected chi connectivity index (χ3v) is 3.41. The largest absolute Gasteiger partial charge is 0.383 e. The van der Waals surface area contributed by atoms with Gasteiger partial charge in [-0.1, -0.05) is 13.0 Å². The maximum atomic E-state index is 5.96. The predicted octanol–water partition coefficient (Wildman–Crippen LogP) is 2.22. The summed E-state index contributed by atoms with van der Waals surface area (Å²) in [5.41, 5.74) is 7.16. The highest BCUT2D eigenvalue weighted by atomic mass is 16.5. The van der Waals surface area contributed by atoms with Gasteiger partial charge in [-0.25, -0.2) is 4.98 Å². The second kappa shape index (κ2) is 8.12. The highest BCUT2D eigenvalue weighted by Crippen LogP contribution is 2.15. The molecule has 4 heteroatoms. The summed E-state index contributed by atoms with van der Waals surface area (Å²) in [6.45, 7) is 8.02. The van der Waals surface area contributed by atoms with Crippen molar-refractivity contribution in [1.29, 1.82) is 0 Å². The number of nitrogens with zero attached hydrogens (tertiary/aromatic N) is 2. The molecule has 0 aliphatic rings. The number of nitrogens with two attached hydrogens (primary N) is 1. The van der Waals surface area contributed by atoms with Gasteiger partial charge in [0.05, 0.1) is 12.6 Å². The van der Waals surface area contributed by atoms with Gasteiger partial charge in [-0.2, -0.15) is 0 Å². The lowest BCUT2D eigenvalue weighted by Gasteiger charge is -2.28. The maximum absolute atomic E-state index is 5.96. The second-order valence-electron chi connectivity index (χ2n) is 4.99. The second-order valence-corrected chi connectivity index (χ2v) is 4.99. The molecular formula is C15H27N3O. The summed E-state index contributed by atoms with van der Waals surface area (Å²) in [4.78, 5) is 6.80. The standard InChI is InChI=1S/C15H27N3O/c1-5-14(16)9-13-7-8-15(17-10-13)18(6-2)12(3)11-19-4/h7-8,10,12,14H,5-6,9,11,16H2,1-4H3. The van der Waals surface area contributed by atoms with Gasteiger partial charge in [0, 0.05) is 25.9 Å². The Hall–Kier alpha value is -1.13. The Labute approximate surface area is 117 Å². The molecule has 0 bridgehead atoms. The van der Waals surface area contributed by atoms with Crippen molar-refractivity contribution in [3.8, 4) is 0 Å². The molecule has 2 atom stereocenters. The summed E-state index contributed by atoms with van der Waals surface area (Å²) >= 11 is 0. The van der Waals surface area contributed by atoms with Crippen molar-refractivity contribution >= 4 is 5.82 Å². The van der Waals surface area contributed by atoms with Gasteiger partial charge < -0.3 is 15.4 Å². The zero-order valence-electron chi connectivity index (χ0n) is 12.6. The van der Waals surface area contributed by atoms with Gasteiger partial charge in [0.15, 0.2) is 0 Å². The molecule has 0 spiro atoms. The first-order valence-corrected chi connectivity index (χ1v) is 7.08. The zero-order valence-corrected chi connectivity index (χ0v) is 12.6. The van der Waals surface area contributed by atoms with Gasteiger partial charge in [-0.15, -0.1) is 0 Å². The van der Waals surface area contributed by atoms with E-state index in [4.69, 9.17) is 10.5 Å². The molecule has 1 heterocycles. The average Bonchev–Trinajstić information content (AvgIpc) is 2.41. The minimum Gasteiger partial charge on any atom is -0.383 e. The molecule has 0 aliphatic carbocycles. The monoisotopic (exact) mass is 265 g/mol. The van der Waals surface area contributed by atoms with Crippen LogP contribution < -0.4 is 10.6 Å². The van der Waals surface area contributed by atoms with Crippen molar-refractivity contribution in [3.63, 3.8) is 0 Å². The van der Waals surface area contributed by atoms with Crippen molar-refractivity contribution in [2.24, 2.45) is 5.73 Å². The van der Waals surface area contributed by atoms with Crippen molar-refractivity contribution in [2.75, 3.05) is 25.2 Å². The van der Waals surface area contributed by atoms with Crippen LogP contribution in [0.4, 0.5) is 5.82 Å². The summed E-state index contributed by atoms with van der Waals surface area (Å²) in [5.74, 6) is 1.00. The first-order chi connectivity index (χ1) is 9.12. The number of methoxy groups -OCH3 is 1. The molecule has 19 heavy (non-hydrogen) atoms. The molecule has 4 nitrogen and oxygen atoms in total. The highest BCUT2D eigenvalue weighted by Gasteiger charge is 2.13. The van der Waals surface area contributed by atoms with Crippen LogP contribution in [0.5, 0.6) is 0 Å². The maximum Gasteiger partial charge on any atom is 0.128 e. The average molecular weight is 265 g/mol. The predicted molar refractivity (Wildman–Crippen MR) is 80.6 cm³/mol. The molecule has 1 aromatic rings. The van der Waals surface area contributed by atoms with E-state index in [9.17, 15) is 0 Å². The molecule has 1 rings (SSSR count). The van der Waals surface area contributed by atoms with Gasteiger partial charge in [0.1, 0.15) is 5.82 Å². The Bertz CT molecular complexity index is 353. The van der Waals surface area contributed by atoms with Crippen LogP contribution in [0.15, 0.2) is 18.3 Å². The lowest BCUT2D eigenvalue weighted by molar-refractivity contribution is 0.181. The molecule has 0 amide bonds. The number of anilines is 1. The fourth-order valence-corrected chi connectivity index (χ4v) is 2.19. The molecule has 2 N–H and O–H groups in total. The van der Waals surface area contributed by atoms with Crippen LogP contribution in [0.2, 0.25) is 0 Å². The zero-order chi connectivity index (χ0) is 14.3. The Morgan fingerprint density at radius 1 is 1.37 bits per heavy atom. The lowest BCUT2D eigenvalue weighted by atomic mass is 10.1. The van der Waals surface area contributed by atoms with Crippen LogP contribution in [-0.4, -0.2) is 37.3 Å². The van der Waals surface area contributed by atoms with Gasteiger partial charge in [-0.3, -0.25) is 0 Å². The molecule has 2 unspecified atom stereocenters. The minimum atomic E-state index is 0.224. The van der Waals surface area contributed by atoms with Crippen LogP contribution in [0.1, 0.15) is 32.8 Å². The summed E-state index contributed by atoms with van der Waals surface area (Å²) in [6, 6.07) is 4.75. The normalized spacial score (nSPS) is 14.2. The third kappa shape index (κ3) is 4.80. The van der Waals surface area contributed by atoms with Crippen LogP contribution in [0.25, 0.3) is 0 Å². The van der Waals surface area contributed by atoms with E-state index in [1.807, 2.05) is 6.20 Å². The number of rotatable bonds is 8. The van der Waals surface area contributed by atoms with Crippen molar-refractivity contribution < 1.29 is 4.74 Å². The molecule has 1 aromatic heterocycles. The molecule has 0 radical (unpaired) electrons. The van der Waals surface area contributed by atoms with Gasteiger partial charge in [-0.05, 0) is 38.3 Å². The van der Waals surface area contributed by atoms with E-state index in [1.165, 1.54) is 5.56 Å². The van der Waals surface area contributed by atoms with E-state index in [-0.39, 0.29) is 6.04 Å². The fraction of sp³-hybridized carbons (Fsp3) is 0.667. The number of hydrogen-bond donors (Lipinski definition) is 1. The van der Waals surface area contributed by atoms with Gasteiger partial charge in [0.25, 0.3) is 0 Å². The topological polar surface area (TPSA) is 51.4 Å². The van der Waals surface area contributed by atoms with E-state index in [2.05, 4.69) is 42.8 Å². The number of ether oxygens (including phenoxy) is 1. The summed E-state index contributed by atoms with van der Waals surface area (Å²) in [7, 11) is 1.73. The fourth-order valence-electron chi connectivity index (χ4n) is 2.19. The highest BCUT2D eigenvalue weighted by molar-refractivity contribution is 5.40. The van der Waals surface area contributed by atoms with E-state index >= 15 is 0 Å². The number of aromatic nitrogens is 1. The quantitative estimate of drug-likeness (QED) is 0.783. The Balaban J connectivity index is 2.72. The Morgan fingerprint density at radius 3 is 2.58 bits per heavy atom. The Morgan fingerprint density at radius 2 is 2.11 bits per heavy atom. The smallest absolute Gasteiger partial charge is 0.128 e. The van der Waals surface area contributed by atoms with Gasteiger partial charge >= 0.3 is 0 Å². The summed E-state index contributed by atoms with van der Waals surface area (Å²) in [6.07, 6.45) is 3.82. The van der Waals surface area contributed by atoms with E-state index in [0.29, 0.717) is 12.6 Å². The number of pyridine rings is 1. The van der Waals surface area contributed by atoms with Crippen LogP contribution in [0.3, 0.4) is 0 Å². The van der Waals surface area contributed by atoms with Crippen molar-refractivity contribution in [2.45, 2.75) is 45.7 Å². The van der Waals surface area contributed by atoms with Crippen LogP contribution >= 0.6 is 0 Å². The van der Waals surface area contributed by atoms with Crippen molar-refractivity contribution in [1.82, 2.24) is 4.98 Å². The summed E-state index contributed by atoms with van der Waals surface area (Å²) in [5, 5.41) is 0. The minimum absolute atomic E-state index is 0.224. The molecule has 108 valence electrons. The van der Waals surface area contributed by atoms with E-state index in [0.717, 1.165) is 25.2 Å². The molecule has 0 saturated heterocycles. The van der Waals surface area contributed by atoms with Crippen LogP contribution in [0, 0.1) is 0 Å². The molecule has 0 aromatic carbocycles. The molecule has 0 aliphatic heterocycles. The van der Waals surface area contributed by atoms with Crippen LogP contribution in [-0.2, 0) is 11.2 Å².